The lowest BCUT2D eigenvalue weighted by molar-refractivity contribution is -0.156. The molecule has 0 aliphatic carbocycles. The largest absolute Gasteiger partial charge is 0.481 e. The Balaban J connectivity index is 2.36. The Kier molecular flexibility index (Phi) is 15.0. The van der Waals surface area contributed by atoms with Gasteiger partial charge in [0.05, 0.1) is 48.2 Å². The normalized spacial score (nSPS) is 15.0. The zero-order valence-electron chi connectivity index (χ0n) is 25.2. The summed E-state index contributed by atoms with van der Waals surface area (Å²) in [6.45, 7) is 2.55. The number of carboxylic acids is 2. The number of carboxylic acid groups (broad SMARTS) is 2. The molecule has 0 fully saturated rings. The van der Waals surface area contributed by atoms with Crippen LogP contribution in [-0.4, -0.2) is 101 Å². The highest BCUT2D eigenvalue weighted by Crippen LogP contribution is 2.35. The van der Waals surface area contributed by atoms with Gasteiger partial charge in [0.1, 0.15) is 17.0 Å². The van der Waals surface area contributed by atoms with Crippen molar-refractivity contribution in [2.24, 2.45) is 11.3 Å². The van der Waals surface area contributed by atoms with Gasteiger partial charge in [0.15, 0.2) is 5.78 Å². The van der Waals surface area contributed by atoms with Crippen molar-refractivity contribution >= 4 is 69.4 Å². The summed E-state index contributed by atoms with van der Waals surface area (Å²) in [4.78, 5) is 81.5. The first kappa shape index (κ1) is 37.7. The van der Waals surface area contributed by atoms with E-state index < -0.39 is 71.3 Å². The number of carbonyl (C=O) groups excluding carboxylic acids is 4. The molecule has 1 heterocycles. The van der Waals surface area contributed by atoms with Gasteiger partial charge in [0.2, 0.25) is 11.8 Å². The zero-order chi connectivity index (χ0) is 33.7. The number of thiazole rings is 1. The van der Waals surface area contributed by atoms with E-state index in [-0.39, 0.29) is 28.9 Å². The van der Waals surface area contributed by atoms with E-state index in [0.29, 0.717) is 10.6 Å². The molecule has 1 unspecified atom stereocenters. The number of hydrogen-bond donors (Lipinski definition) is 5. The predicted octanol–water partition coefficient (Wildman–Crippen LogP) is 1.24. The number of aryl methyl sites for hydroxylation is 1. The number of rotatable bonds is 19. The fourth-order valence-corrected chi connectivity index (χ4v) is 6.08. The summed E-state index contributed by atoms with van der Waals surface area (Å²) in [6, 6.07) is 4.82. The second-order valence-electron chi connectivity index (χ2n) is 10.4. The summed E-state index contributed by atoms with van der Waals surface area (Å²) in [5.74, 6) is -7.26. The number of methoxy groups -OCH3 is 2. The van der Waals surface area contributed by atoms with Gasteiger partial charge >= 0.3 is 11.9 Å². The van der Waals surface area contributed by atoms with Crippen LogP contribution in [0.2, 0.25) is 0 Å². The molecule has 45 heavy (non-hydrogen) atoms. The molecule has 5 N–H and O–H groups in total. The quantitative estimate of drug-likeness (QED) is 0.102. The van der Waals surface area contributed by atoms with E-state index in [1.54, 1.807) is 37.3 Å². The highest BCUT2D eigenvalue weighted by Gasteiger charge is 2.48. The van der Waals surface area contributed by atoms with E-state index >= 15 is 0 Å². The molecule has 1 aromatic heterocycles. The fraction of sp³-hybridized carbons (Fsp3) is 0.483. The minimum Gasteiger partial charge on any atom is -0.481 e. The van der Waals surface area contributed by atoms with Crippen LogP contribution in [0.25, 0.3) is 0 Å². The lowest BCUT2D eigenvalue weighted by Gasteiger charge is -2.35. The van der Waals surface area contributed by atoms with E-state index in [2.05, 4.69) is 20.9 Å². The summed E-state index contributed by atoms with van der Waals surface area (Å²) in [7, 11) is 2.64. The van der Waals surface area contributed by atoms with Gasteiger partial charge in [-0.3, -0.25) is 28.8 Å². The van der Waals surface area contributed by atoms with Crippen molar-refractivity contribution in [3.05, 3.63) is 52.0 Å². The smallest absolute Gasteiger partial charge is 0.308 e. The molecule has 5 atom stereocenters. The average Bonchev–Trinajstić information content (AvgIpc) is 3.44. The maximum absolute atomic E-state index is 14.1. The average molecular weight is 761 g/mol. The molecule has 16 heteroatoms. The number of ketones is 1. The van der Waals surface area contributed by atoms with Gasteiger partial charge in [-0.25, -0.2) is 4.98 Å². The Morgan fingerprint density at radius 1 is 0.933 bits per heavy atom. The van der Waals surface area contributed by atoms with Gasteiger partial charge in [-0.05, 0) is 18.9 Å². The summed E-state index contributed by atoms with van der Waals surface area (Å²) in [5, 5.41) is 27.6. The first-order valence-corrected chi connectivity index (χ1v) is 16.0. The molecule has 14 nitrogen and oxygen atoms in total. The molecule has 0 aliphatic rings. The SMILES string of the molecule is COC[C@H](NC(=O)c1cnc(C)s1)C(=O)N[C@@H](COC)C(=O)N[C@@H](Cc1ccccc1)C(=O)[C@@](C)(CI)C(CC(=O)O)C(=O)O. The number of ether oxygens (including phenoxy) is 2. The third kappa shape index (κ3) is 10.8. The van der Waals surface area contributed by atoms with Gasteiger partial charge in [0, 0.05) is 18.6 Å². The maximum Gasteiger partial charge on any atom is 0.308 e. The number of carbonyl (C=O) groups is 6. The molecule has 0 saturated carbocycles. The van der Waals surface area contributed by atoms with Crippen LogP contribution in [0.1, 0.15) is 33.6 Å². The van der Waals surface area contributed by atoms with Crippen LogP contribution in [0, 0.1) is 18.3 Å². The van der Waals surface area contributed by atoms with Crippen LogP contribution >= 0.6 is 33.9 Å². The molecule has 246 valence electrons. The number of hydrogen-bond acceptors (Lipinski definition) is 10. The molecule has 3 amide bonds. The number of aromatic nitrogens is 1. The molecule has 0 aliphatic heterocycles. The van der Waals surface area contributed by atoms with Crippen molar-refractivity contribution in [1.29, 1.82) is 0 Å². The van der Waals surface area contributed by atoms with Crippen LogP contribution in [0.4, 0.5) is 0 Å². The fourth-order valence-electron chi connectivity index (χ4n) is 4.49. The van der Waals surface area contributed by atoms with E-state index in [1.165, 1.54) is 27.3 Å². The van der Waals surface area contributed by atoms with Crippen LogP contribution < -0.4 is 16.0 Å². The van der Waals surface area contributed by atoms with Crippen molar-refractivity contribution in [3.8, 4) is 0 Å². The first-order valence-electron chi connectivity index (χ1n) is 13.7. The van der Waals surface area contributed by atoms with Gasteiger partial charge in [-0.1, -0.05) is 59.8 Å². The number of benzene rings is 1. The van der Waals surface area contributed by atoms with Crippen LogP contribution in [-0.2, 0) is 39.9 Å². The summed E-state index contributed by atoms with van der Waals surface area (Å²) in [5.41, 5.74) is -1.04. The molecule has 2 rings (SSSR count). The highest BCUT2D eigenvalue weighted by atomic mass is 127. The standard InChI is InChI=1S/C29H37IN4O10S/c1-16-31-12-22(45-16)27(40)34-21(14-44-4)26(39)33-20(13-43-3)25(38)32-19(10-17-8-6-5-7-9-17)24(37)29(2,15-30)18(28(41)42)11-23(35)36/h5-9,12,18-21H,10-11,13-15H2,1-4H3,(H,32,38)(H,33,39)(H,34,40)(H,35,36)(H,41,42)/t18?,19-,20-,21-,29-/m0/s1. The maximum atomic E-state index is 14.1. The number of aliphatic carboxylic acids is 2. The van der Waals surface area contributed by atoms with E-state index in [1.807, 2.05) is 22.6 Å². The third-order valence-electron chi connectivity index (χ3n) is 6.97. The van der Waals surface area contributed by atoms with Crippen LogP contribution in [0.15, 0.2) is 36.5 Å². The van der Waals surface area contributed by atoms with E-state index in [0.717, 1.165) is 11.3 Å². The zero-order valence-corrected chi connectivity index (χ0v) is 28.2. The number of nitrogens with zero attached hydrogens (tertiary/aromatic N) is 1. The predicted molar refractivity (Wildman–Crippen MR) is 171 cm³/mol. The number of halogens is 1. The molecule has 0 bridgehead atoms. The van der Waals surface area contributed by atoms with E-state index in [4.69, 9.17) is 9.47 Å². The minimum absolute atomic E-state index is 0.0404. The van der Waals surface area contributed by atoms with Crippen molar-refractivity contribution in [2.75, 3.05) is 31.9 Å². The summed E-state index contributed by atoms with van der Waals surface area (Å²) >= 11 is 2.96. The van der Waals surface area contributed by atoms with Crippen molar-refractivity contribution < 1.29 is 48.5 Å². The molecule has 0 saturated heterocycles. The molecule has 1 aromatic carbocycles. The third-order valence-corrected chi connectivity index (χ3v) is 9.46. The Bertz CT molecular complexity index is 1360. The molecule has 2 aromatic rings. The highest BCUT2D eigenvalue weighted by molar-refractivity contribution is 14.1. The second-order valence-corrected chi connectivity index (χ2v) is 12.4. The Morgan fingerprint density at radius 3 is 1.96 bits per heavy atom. The Morgan fingerprint density at radius 2 is 1.49 bits per heavy atom. The molecular weight excluding hydrogens is 723 g/mol. The monoisotopic (exact) mass is 760 g/mol. The lowest BCUT2D eigenvalue weighted by atomic mass is 9.71. The van der Waals surface area contributed by atoms with Gasteiger partial charge < -0.3 is 35.6 Å². The topological polar surface area (TPSA) is 210 Å². The number of alkyl halides is 1. The second kappa shape index (κ2) is 17.9. The number of amides is 3. The van der Waals surface area contributed by atoms with Crippen LogP contribution in [0.5, 0.6) is 0 Å². The van der Waals surface area contributed by atoms with Gasteiger partial charge in [-0.15, -0.1) is 11.3 Å². The Labute approximate surface area is 277 Å². The first-order chi connectivity index (χ1) is 21.3. The van der Waals surface area contributed by atoms with Gasteiger partial charge in [0.25, 0.3) is 5.91 Å². The number of nitrogens with one attached hydrogen (secondary N) is 3. The van der Waals surface area contributed by atoms with Crippen molar-refractivity contribution in [2.45, 2.75) is 44.8 Å². The molecule has 0 spiro atoms. The Hall–Kier alpha value is -3.48. The summed E-state index contributed by atoms with van der Waals surface area (Å²) < 4.78 is 10.2. The van der Waals surface area contributed by atoms with Gasteiger partial charge in [-0.2, -0.15) is 0 Å². The van der Waals surface area contributed by atoms with E-state index in [9.17, 15) is 39.0 Å². The van der Waals surface area contributed by atoms with Crippen LogP contribution in [0.3, 0.4) is 0 Å². The summed E-state index contributed by atoms with van der Waals surface area (Å²) in [6.07, 6.45) is 0.529. The van der Waals surface area contributed by atoms with Crippen molar-refractivity contribution in [1.82, 2.24) is 20.9 Å². The molecule has 0 radical (unpaired) electrons. The lowest BCUT2D eigenvalue weighted by Crippen LogP contribution is -2.60. The minimum atomic E-state index is -1.68. The number of Topliss-reactive ketones (excluding diaryl/α,β-unsaturated/α-hetero) is 1. The molecular formula is C29H37IN4O10S. The van der Waals surface area contributed by atoms with Crippen molar-refractivity contribution in [3.63, 3.8) is 0 Å².